The zero-order chi connectivity index (χ0) is 22.1. The Morgan fingerprint density at radius 1 is 1.23 bits per heavy atom. The molecule has 0 saturated heterocycles. The van der Waals surface area contributed by atoms with Gasteiger partial charge in [-0.2, -0.15) is 0 Å². The van der Waals surface area contributed by atoms with E-state index in [1.54, 1.807) is 31.2 Å². The van der Waals surface area contributed by atoms with Crippen LogP contribution in [0.5, 0.6) is 0 Å². The van der Waals surface area contributed by atoms with E-state index in [-0.39, 0.29) is 17.6 Å². The maximum absolute atomic E-state index is 12.3. The SMILES string of the molecule is CC[C@H](Nc1ccc(C(=O)OC(C)(C)C)cc1)c1cc2c(=O)[nH]c(C)nc2cc1Cl. The summed E-state index contributed by atoms with van der Waals surface area (Å²) in [6, 6.07) is 10.5. The van der Waals surface area contributed by atoms with Crippen molar-refractivity contribution in [3.63, 3.8) is 0 Å². The number of aryl methyl sites for hydroxylation is 1. The number of ether oxygens (including phenoxy) is 1. The smallest absolute Gasteiger partial charge is 0.338 e. The summed E-state index contributed by atoms with van der Waals surface area (Å²) in [5, 5.41) is 4.47. The van der Waals surface area contributed by atoms with Gasteiger partial charge in [0.2, 0.25) is 0 Å². The minimum Gasteiger partial charge on any atom is -0.456 e. The maximum Gasteiger partial charge on any atom is 0.338 e. The van der Waals surface area contributed by atoms with E-state index in [0.717, 1.165) is 17.7 Å². The average molecular weight is 428 g/mol. The van der Waals surface area contributed by atoms with Crippen molar-refractivity contribution in [3.8, 4) is 0 Å². The normalized spacial score (nSPS) is 12.6. The molecular formula is C23H26ClN3O3. The van der Waals surface area contributed by atoms with Crippen molar-refractivity contribution < 1.29 is 9.53 Å². The largest absolute Gasteiger partial charge is 0.456 e. The molecule has 0 fully saturated rings. The lowest BCUT2D eigenvalue weighted by molar-refractivity contribution is 0.00695. The Hall–Kier alpha value is -2.86. The molecule has 6 nitrogen and oxygen atoms in total. The molecule has 1 aromatic heterocycles. The van der Waals surface area contributed by atoms with Crippen LogP contribution in [0.4, 0.5) is 5.69 Å². The van der Waals surface area contributed by atoms with Crippen LogP contribution in [-0.4, -0.2) is 21.5 Å². The first kappa shape index (κ1) is 21.8. The first-order valence-electron chi connectivity index (χ1n) is 9.87. The average Bonchev–Trinajstić information content (AvgIpc) is 2.65. The lowest BCUT2D eigenvalue weighted by atomic mass is 10.0. The van der Waals surface area contributed by atoms with Crippen molar-refractivity contribution in [2.75, 3.05) is 5.32 Å². The Bertz CT molecular complexity index is 1130. The summed E-state index contributed by atoms with van der Waals surface area (Å²) < 4.78 is 5.40. The van der Waals surface area contributed by atoms with Crippen LogP contribution in [0.3, 0.4) is 0 Å². The highest BCUT2D eigenvalue weighted by atomic mass is 35.5. The summed E-state index contributed by atoms with van der Waals surface area (Å²) in [6.45, 7) is 9.27. The van der Waals surface area contributed by atoms with Crippen LogP contribution in [0.2, 0.25) is 5.02 Å². The number of nitrogens with zero attached hydrogens (tertiary/aromatic N) is 1. The van der Waals surface area contributed by atoms with Gasteiger partial charge in [0.1, 0.15) is 11.4 Å². The van der Waals surface area contributed by atoms with E-state index in [0.29, 0.717) is 27.3 Å². The molecule has 0 aliphatic rings. The van der Waals surface area contributed by atoms with Gasteiger partial charge in [0.25, 0.3) is 5.56 Å². The van der Waals surface area contributed by atoms with Gasteiger partial charge in [-0.1, -0.05) is 18.5 Å². The molecule has 1 heterocycles. The number of esters is 1. The number of H-pyrrole nitrogens is 1. The summed E-state index contributed by atoms with van der Waals surface area (Å²) in [4.78, 5) is 31.6. The van der Waals surface area contributed by atoms with Gasteiger partial charge in [-0.3, -0.25) is 4.79 Å². The topological polar surface area (TPSA) is 84.1 Å². The zero-order valence-corrected chi connectivity index (χ0v) is 18.6. The third-order valence-corrected chi connectivity index (χ3v) is 4.91. The number of carbonyl (C=O) groups excluding carboxylic acids is 1. The highest BCUT2D eigenvalue weighted by Gasteiger charge is 2.19. The Labute approximate surface area is 180 Å². The number of aromatic nitrogens is 2. The number of anilines is 1. The fourth-order valence-electron chi connectivity index (χ4n) is 3.20. The van der Waals surface area contributed by atoms with Gasteiger partial charge in [0, 0.05) is 10.7 Å². The van der Waals surface area contributed by atoms with E-state index in [9.17, 15) is 9.59 Å². The number of hydrogen-bond acceptors (Lipinski definition) is 5. The second-order valence-corrected chi connectivity index (χ2v) is 8.63. The van der Waals surface area contributed by atoms with E-state index < -0.39 is 5.60 Å². The Balaban J connectivity index is 1.86. The van der Waals surface area contributed by atoms with Crippen molar-refractivity contribution >= 4 is 34.2 Å². The molecule has 0 bridgehead atoms. The number of fused-ring (bicyclic) bond motifs is 1. The van der Waals surface area contributed by atoms with Crippen molar-refractivity contribution in [1.29, 1.82) is 0 Å². The standard InChI is InChI=1S/C23H26ClN3O3/c1-6-19(16-11-17-20(12-18(16)24)25-13(2)26-21(17)28)27-15-9-7-14(8-10-15)22(29)30-23(3,4)5/h7-12,19,27H,6H2,1-5H3,(H,25,26,28)/t19-/m0/s1. The van der Waals surface area contributed by atoms with Gasteiger partial charge < -0.3 is 15.0 Å². The van der Waals surface area contributed by atoms with Crippen molar-refractivity contribution in [2.24, 2.45) is 0 Å². The van der Waals surface area contributed by atoms with Gasteiger partial charge >= 0.3 is 5.97 Å². The van der Waals surface area contributed by atoms with Gasteiger partial charge in [-0.05, 0) is 76.1 Å². The first-order valence-corrected chi connectivity index (χ1v) is 10.2. The molecule has 2 N–H and O–H groups in total. The van der Waals surface area contributed by atoms with E-state index in [2.05, 4.69) is 15.3 Å². The predicted octanol–water partition coefficient (Wildman–Crippen LogP) is 5.40. The second-order valence-electron chi connectivity index (χ2n) is 8.23. The fourth-order valence-corrected chi connectivity index (χ4v) is 3.49. The molecule has 3 rings (SSSR count). The van der Waals surface area contributed by atoms with E-state index in [4.69, 9.17) is 16.3 Å². The van der Waals surface area contributed by atoms with Crippen LogP contribution < -0.4 is 10.9 Å². The highest BCUT2D eigenvalue weighted by Crippen LogP contribution is 2.31. The number of carbonyl (C=O) groups is 1. The number of hydrogen-bond donors (Lipinski definition) is 2. The van der Waals surface area contributed by atoms with Crippen LogP contribution in [0.25, 0.3) is 10.9 Å². The molecule has 158 valence electrons. The summed E-state index contributed by atoms with van der Waals surface area (Å²) in [5.41, 5.74) is 1.98. The molecule has 7 heteroatoms. The molecular weight excluding hydrogens is 402 g/mol. The Morgan fingerprint density at radius 2 is 1.90 bits per heavy atom. The predicted molar refractivity (Wildman–Crippen MR) is 120 cm³/mol. The molecule has 0 saturated carbocycles. The van der Waals surface area contributed by atoms with Crippen LogP contribution in [0.15, 0.2) is 41.2 Å². The summed E-state index contributed by atoms with van der Waals surface area (Å²) in [6.07, 6.45) is 0.746. The molecule has 0 spiro atoms. The van der Waals surface area contributed by atoms with Gasteiger partial charge in [-0.15, -0.1) is 0 Å². The van der Waals surface area contributed by atoms with Crippen LogP contribution in [0.1, 0.15) is 61.9 Å². The first-order chi connectivity index (χ1) is 14.1. The molecule has 0 aliphatic heterocycles. The molecule has 0 amide bonds. The van der Waals surface area contributed by atoms with E-state index >= 15 is 0 Å². The second kappa shape index (κ2) is 8.48. The minimum atomic E-state index is -0.542. The van der Waals surface area contributed by atoms with Crippen LogP contribution in [0, 0.1) is 6.92 Å². The molecule has 30 heavy (non-hydrogen) atoms. The van der Waals surface area contributed by atoms with Gasteiger partial charge in [0.15, 0.2) is 0 Å². The summed E-state index contributed by atoms with van der Waals surface area (Å²) >= 11 is 6.52. The lowest BCUT2D eigenvalue weighted by Gasteiger charge is -2.21. The number of halogens is 1. The molecule has 3 aromatic rings. The maximum atomic E-state index is 12.3. The highest BCUT2D eigenvalue weighted by molar-refractivity contribution is 6.32. The molecule has 0 unspecified atom stereocenters. The molecule has 2 aromatic carbocycles. The number of nitrogens with one attached hydrogen (secondary N) is 2. The van der Waals surface area contributed by atoms with E-state index in [1.165, 1.54) is 0 Å². The Kier molecular flexibility index (Phi) is 6.17. The number of benzene rings is 2. The third-order valence-electron chi connectivity index (χ3n) is 4.59. The third kappa shape index (κ3) is 5.00. The summed E-state index contributed by atoms with van der Waals surface area (Å²) in [5.74, 6) is 0.187. The zero-order valence-electron chi connectivity index (χ0n) is 17.8. The number of aromatic amines is 1. The lowest BCUT2D eigenvalue weighted by Crippen LogP contribution is -2.23. The van der Waals surface area contributed by atoms with Gasteiger partial charge in [0.05, 0.1) is 22.5 Å². The quantitative estimate of drug-likeness (QED) is 0.532. The van der Waals surface area contributed by atoms with Crippen molar-refractivity contribution in [1.82, 2.24) is 9.97 Å². The molecule has 0 aliphatic carbocycles. The van der Waals surface area contributed by atoms with Gasteiger partial charge in [-0.25, -0.2) is 9.78 Å². The minimum absolute atomic E-state index is 0.116. The fraction of sp³-hybridized carbons (Fsp3) is 0.348. The van der Waals surface area contributed by atoms with Crippen LogP contribution >= 0.6 is 11.6 Å². The monoisotopic (exact) mass is 427 g/mol. The van der Waals surface area contributed by atoms with Crippen molar-refractivity contribution in [2.45, 2.75) is 52.7 Å². The van der Waals surface area contributed by atoms with E-state index in [1.807, 2.05) is 39.8 Å². The Morgan fingerprint density at radius 3 is 2.50 bits per heavy atom. The van der Waals surface area contributed by atoms with Crippen molar-refractivity contribution in [3.05, 3.63) is 68.7 Å². The molecule has 1 atom stereocenters. The number of rotatable bonds is 5. The molecule has 0 radical (unpaired) electrons. The summed E-state index contributed by atoms with van der Waals surface area (Å²) in [7, 11) is 0. The van der Waals surface area contributed by atoms with Crippen LogP contribution in [-0.2, 0) is 4.74 Å².